The highest BCUT2D eigenvalue weighted by molar-refractivity contribution is 7.23. The fraction of sp³-hybridized carbons (Fsp3) is 0.310. The molecule has 2 aromatic carbocycles. The largest absolute Gasteiger partial charge is 0.486 e. The second-order valence-electron chi connectivity index (χ2n) is 10.1. The normalized spacial score (nSPS) is 16.2. The molecule has 200 valence electrons. The molecule has 0 bridgehead atoms. The van der Waals surface area contributed by atoms with E-state index in [1.807, 2.05) is 62.6 Å². The Balaban J connectivity index is 1.20. The van der Waals surface area contributed by atoms with Crippen molar-refractivity contribution >= 4 is 44.1 Å². The number of carbonyl (C=O) groups is 3. The number of hydrogen-bond donors (Lipinski definition) is 2. The van der Waals surface area contributed by atoms with Crippen LogP contribution in [0, 0.1) is 0 Å². The lowest BCUT2D eigenvalue weighted by molar-refractivity contribution is -0.00561. The van der Waals surface area contributed by atoms with Crippen molar-refractivity contribution in [2.75, 3.05) is 25.0 Å². The van der Waals surface area contributed by atoms with Gasteiger partial charge in [0.15, 0.2) is 5.78 Å². The molecule has 1 spiro atoms. The SMILES string of the molecule is CCNC(=O)Nc1sc2ccccc2c1C(=O)N1CCC2(CC1)CC(=O)c1cc(-c3cnn(C)c3)ccc1O2. The van der Waals surface area contributed by atoms with E-state index in [9.17, 15) is 14.4 Å². The lowest BCUT2D eigenvalue weighted by Gasteiger charge is -2.44. The number of Topliss-reactive ketones (excluding diaryl/α,β-unsaturated/α-hetero) is 1. The first-order valence-corrected chi connectivity index (χ1v) is 13.9. The van der Waals surface area contributed by atoms with E-state index in [0.29, 0.717) is 54.4 Å². The number of urea groups is 1. The molecule has 4 aromatic rings. The average Bonchev–Trinajstić information content (AvgIpc) is 3.52. The fourth-order valence-electron chi connectivity index (χ4n) is 5.45. The number of ether oxygens (including phenoxy) is 1. The van der Waals surface area contributed by atoms with Crippen LogP contribution < -0.4 is 15.4 Å². The van der Waals surface area contributed by atoms with Gasteiger partial charge in [0.05, 0.1) is 23.7 Å². The van der Waals surface area contributed by atoms with Crippen molar-refractivity contribution in [1.82, 2.24) is 20.0 Å². The summed E-state index contributed by atoms with van der Waals surface area (Å²) in [6.07, 6.45) is 5.07. The predicted molar refractivity (Wildman–Crippen MR) is 151 cm³/mol. The van der Waals surface area contributed by atoms with Crippen LogP contribution in [0.1, 0.15) is 46.9 Å². The van der Waals surface area contributed by atoms with E-state index < -0.39 is 5.60 Å². The number of rotatable bonds is 4. The molecular formula is C29H29N5O4S. The summed E-state index contributed by atoms with van der Waals surface area (Å²) in [5.41, 5.74) is 2.34. The summed E-state index contributed by atoms with van der Waals surface area (Å²) in [5.74, 6) is 0.521. The third-order valence-corrected chi connectivity index (χ3v) is 8.55. The molecule has 1 saturated heterocycles. The van der Waals surface area contributed by atoms with Crippen molar-refractivity contribution in [3.05, 3.63) is 66.0 Å². The van der Waals surface area contributed by atoms with Crippen LogP contribution in [-0.2, 0) is 7.05 Å². The molecular weight excluding hydrogens is 514 g/mol. The standard InChI is InChI=1S/C29H29N5O4S/c1-3-30-28(37)32-26-25(20-6-4-5-7-24(20)39-26)27(36)34-12-10-29(11-13-34)15-22(35)21-14-18(8-9-23(21)38-29)19-16-31-33(2)17-19/h4-9,14,16-17H,3,10-13,15H2,1-2H3,(H2,30,32,37). The third kappa shape index (κ3) is 4.65. The summed E-state index contributed by atoms with van der Waals surface area (Å²) in [6, 6.07) is 13.0. The minimum absolute atomic E-state index is 0.0546. The number of piperidine rings is 1. The number of aryl methyl sites for hydroxylation is 1. The van der Waals surface area contributed by atoms with Crippen molar-refractivity contribution in [1.29, 1.82) is 0 Å². The Morgan fingerprint density at radius 2 is 1.92 bits per heavy atom. The minimum atomic E-state index is -0.629. The number of nitrogens with zero attached hydrogens (tertiary/aromatic N) is 3. The van der Waals surface area contributed by atoms with Gasteiger partial charge in [-0.2, -0.15) is 5.10 Å². The molecule has 39 heavy (non-hydrogen) atoms. The van der Waals surface area contributed by atoms with Crippen molar-refractivity contribution in [3.8, 4) is 16.9 Å². The van der Waals surface area contributed by atoms with Gasteiger partial charge >= 0.3 is 6.03 Å². The molecule has 3 amide bonds. The Labute approximate surface area is 229 Å². The predicted octanol–water partition coefficient (Wildman–Crippen LogP) is 5.08. The highest BCUT2D eigenvalue weighted by Crippen LogP contribution is 2.42. The molecule has 2 N–H and O–H groups in total. The fourth-order valence-corrected chi connectivity index (χ4v) is 6.54. The van der Waals surface area contributed by atoms with Gasteiger partial charge < -0.3 is 15.0 Å². The summed E-state index contributed by atoms with van der Waals surface area (Å²) < 4.78 is 9.14. The van der Waals surface area contributed by atoms with Crippen LogP contribution in [0.15, 0.2) is 54.9 Å². The van der Waals surface area contributed by atoms with Crippen molar-refractivity contribution in [3.63, 3.8) is 0 Å². The van der Waals surface area contributed by atoms with E-state index in [2.05, 4.69) is 15.7 Å². The molecule has 2 aliphatic heterocycles. The number of amides is 3. The summed E-state index contributed by atoms with van der Waals surface area (Å²) in [7, 11) is 1.86. The average molecular weight is 544 g/mol. The van der Waals surface area contributed by atoms with Crippen LogP contribution in [0.5, 0.6) is 5.75 Å². The van der Waals surface area contributed by atoms with Crippen molar-refractivity contribution in [2.45, 2.75) is 31.8 Å². The van der Waals surface area contributed by atoms with Gasteiger partial charge in [-0.25, -0.2) is 4.79 Å². The maximum atomic E-state index is 13.8. The molecule has 6 rings (SSSR count). The number of benzene rings is 2. The van der Waals surface area contributed by atoms with E-state index in [-0.39, 0.29) is 24.1 Å². The minimum Gasteiger partial charge on any atom is -0.486 e. The maximum absolute atomic E-state index is 13.8. The molecule has 0 aliphatic carbocycles. The van der Waals surface area contributed by atoms with Crippen molar-refractivity contribution < 1.29 is 19.1 Å². The van der Waals surface area contributed by atoms with Crippen LogP contribution in [0.2, 0.25) is 0 Å². The molecule has 2 aromatic heterocycles. The second kappa shape index (κ2) is 9.85. The summed E-state index contributed by atoms with van der Waals surface area (Å²) in [6.45, 7) is 3.25. The van der Waals surface area contributed by atoms with Gasteiger partial charge in [-0.05, 0) is 30.7 Å². The Morgan fingerprint density at radius 3 is 2.67 bits per heavy atom. The molecule has 0 atom stereocenters. The molecule has 10 heteroatoms. The van der Waals surface area contributed by atoms with Crippen LogP contribution in [-0.4, -0.2) is 57.6 Å². The van der Waals surface area contributed by atoms with E-state index in [0.717, 1.165) is 21.2 Å². The second-order valence-corrected chi connectivity index (χ2v) is 11.1. The van der Waals surface area contributed by atoms with E-state index in [1.165, 1.54) is 11.3 Å². The number of thiophene rings is 1. The number of nitrogens with one attached hydrogen (secondary N) is 2. The van der Waals surface area contributed by atoms with Crippen molar-refractivity contribution in [2.24, 2.45) is 7.05 Å². The molecule has 0 saturated carbocycles. The zero-order valence-electron chi connectivity index (χ0n) is 21.8. The van der Waals surface area contributed by atoms with Crippen LogP contribution in [0.3, 0.4) is 0 Å². The molecule has 0 radical (unpaired) electrons. The number of hydrogen-bond acceptors (Lipinski definition) is 6. The lowest BCUT2D eigenvalue weighted by atomic mass is 9.82. The van der Waals surface area contributed by atoms with Gasteiger partial charge in [0, 0.05) is 61.4 Å². The van der Waals surface area contributed by atoms with Gasteiger partial charge in [-0.3, -0.25) is 19.6 Å². The first kappa shape index (κ1) is 25.1. The number of anilines is 1. The van der Waals surface area contributed by atoms with Gasteiger partial charge in [-0.1, -0.05) is 24.3 Å². The smallest absolute Gasteiger partial charge is 0.319 e. The quantitative estimate of drug-likeness (QED) is 0.373. The van der Waals surface area contributed by atoms with Crippen LogP contribution >= 0.6 is 11.3 Å². The third-order valence-electron chi connectivity index (χ3n) is 7.46. The number of fused-ring (bicyclic) bond motifs is 2. The van der Waals surface area contributed by atoms with Crippen LogP contribution in [0.25, 0.3) is 21.2 Å². The molecule has 0 unspecified atom stereocenters. The van der Waals surface area contributed by atoms with Gasteiger partial charge in [0.1, 0.15) is 16.4 Å². The maximum Gasteiger partial charge on any atom is 0.319 e. The number of likely N-dealkylation sites (tertiary alicyclic amines) is 1. The van der Waals surface area contributed by atoms with Gasteiger partial charge in [-0.15, -0.1) is 11.3 Å². The van der Waals surface area contributed by atoms with Gasteiger partial charge in [0.25, 0.3) is 5.91 Å². The summed E-state index contributed by atoms with van der Waals surface area (Å²) in [4.78, 5) is 41.1. The zero-order chi connectivity index (χ0) is 27.1. The van der Waals surface area contributed by atoms with Gasteiger partial charge in [0.2, 0.25) is 0 Å². The molecule has 4 heterocycles. The number of ketones is 1. The van der Waals surface area contributed by atoms with E-state index in [4.69, 9.17) is 4.74 Å². The highest BCUT2D eigenvalue weighted by Gasteiger charge is 2.44. The first-order chi connectivity index (χ1) is 18.9. The van der Waals surface area contributed by atoms with E-state index >= 15 is 0 Å². The monoisotopic (exact) mass is 543 g/mol. The molecule has 9 nitrogen and oxygen atoms in total. The Hall–Kier alpha value is -4.18. The van der Waals surface area contributed by atoms with Crippen LogP contribution in [0.4, 0.5) is 9.80 Å². The Kier molecular flexibility index (Phi) is 6.34. The zero-order valence-corrected chi connectivity index (χ0v) is 22.6. The first-order valence-electron chi connectivity index (χ1n) is 13.1. The number of carbonyl (C=O) groups excluding carboxylic acids is 3. The molecule has 2 aliphatic rings. The summed E-state index contributed by atoms with van der Waals surface area (Å²) >= 11 is 1.39. The Morgan fingerprint density at radius 1 is 1.13 bits per heavy atom. The topological polar surface area (TPSA) is 106 Å². The molecule has 1 fully saturated rings. The summed E-state index contributed by atoms with van der Waals surface area (Å²) in [5, 5.41) is 11.2. The Bertz CT molecular complexity index is 1600. The highest BCUT2D eigenvalue weighted by atomic mass is 32.1. The number of aromatic nitrogens is 2. The van der Waals surface area contributed by atoms with E-state index in [1.54, 1.807) is 15.8 Å². The lowest BCUT2D eigenvalue weighted by Crippen LogP contribution is -2.52.